The summed E-state index contributed by atoms with van der Waals surface area (Å²) in [5, 5.41) is 40.7. The van der Waals surface area contributed by atoms with Gasteiger partial charge >= 0.3 is 5.69 Å². The molecule has 0 aliphatic carbocycles. The summed E-state index contributed by atoms with van der Waals surface area (Å²) in [6.45, 7) is -0.190. The largest absolute Gasteiger partial charge is 0.506 e. The van der Waals surface area contributed by atoms with E-state index in [4.69, 9.17) is 4.74 Å². The number of likely N-dealkylation sites (N-methyl/N-ethyl adjacent to an activating group) is 1. The van der Waals surface area contributed by atoms with Gasteiger partial charge in [0.2, 0.25) is 5.75 Å². The number of nitro benzene ring substituents is 1. The van der Waals surface area contributed by atoms with Crippen LogP contribution in [0.2, 0.25) is 0 Å². The fraction of sp³-hybridized carbons (Fsp3) is 0.143. The van der Waals surface area contributed by atoms with Crippen molar-refractivity contribution < 1.29 is 29.1 Å². The average Bonchev–Trinajstić information content (AvgIpc) is 2.75. The molecule has 0 fully saturated rings. The average molecular weight is 425 g/mol. The first kappa shape index (κ1) is 22.7. The third-order valence-corrected chi connectivity index (χ3v) is 4.07. The third kappa shape index (κ3) is 5.08. The number of rotatable bonds is 5. The minimum atomic E-state index is -0.919. The first-order valence-corrected chi connectivity index (χ1v) is 8.59. The molecule has 2 N–H and O–H groups in total. The highest BCUT2D eigenvalue weighted by Crippen LogP contribution is 2.38. The predicted octanol–water partition coefficient (Wildman–Crippen LogP) is 2.75. The number of aromatic hydroxyl groups is 1. The van der Waals surface area contributed by atoms with E-state index in [-0.39, 0.29) is 23.4 Å². The first-order chi connectivity index (χ1) is 14.7. The van der Waals surface area contributed by atoms with Crippen molar-refractivity contribution in [2.75, 3.05) is 20.7 Å². The van der Waals surface area contributed by atoms with Gasteiger partial charge in [0.05, 0.1) is 24.1 Å². The number of hydrogen-bond donors (Lipinski definition) is 2. The molecule has 9 nitrogen and oxygen atoms in total. The molecular weight excluding hydrogens is 409 g/mol. The van der Waals surface area contributed by atoms with Gasteiger partial charge < -0.3 is 19.8 Å². The van der Waals surface area contributed by atoms with Crippen LogP contribution >= 0.6 is 0 Å². The van der Waals surface area contributed by atoms with Crippen LogP contribution in [0.3, 0.4) is 0 Å². The van der Waals surface area contributed by atoms with Crippen LogP contribution in [0.15, 0.2) is 42.0 Å². The number of nitrogens with zero attached hydrogens (tertiary/aromatic N) is 3. The van der Waals surface area contributed by atoms with Gasteiger partial charge in [0.25, 0.3) is 5.91 Å². The Kier molecular flexibility index (Phi) is 7.15. The van der Waals surface area contributed by atoms with Gasteiger partial charge in [0, 0.05) is 18.7 Å². The molecule has 158 valence electrons. The molecule has 2 aromatic carbocycles. The zero-order valence-electron chi connectivity index (χ0n) is 16.4. The highest BCUT2D eigenvalue weighted by molar-refractivity contribution is 6.03. The number of phenols is 1. The normalized spacial score (nSPS) is 10.8. The van der Waals surface area contributed by atoms with Crippen molar-refractivity contribution in [3.05, 3.63) is 69.0 Å². The van der Waals surface area contributed by atoms with Crippen molar-refractivity contribution >= 4 is 17.4 Å². The van der Waals surface area contributed by atoms with Crippen molar-refractivity contribution in [3.8, 4) is 29.4 Å². The smallest absolute Gasteiger partial charge is 0.315 e. The lowest BCUT2D eigenvalue weighted by Crippen LogP contribution is -2.28. The van der Waals surface area contributed by atoms with E-state index in [2.05, 4.69) is 11.8 Å². The first-order valence-electron chi connectivity index (χ1n) is 8.59. The number of amides is 1. The molecular formula is C21H16FN3O6. The Labute approximate surface area is 176 Å². The maximum Gasteiger partial charge on any atom is 0.315 e. The lowest BCUT2D eigenvalue weighted by atomic mass is 10.1. The summed E-state index contributed by atoms with van der Waals surface area (Å²) >= 11 is 0. The van der Waals surface area contributed by atoms with E-state index in [1.807, 2.05) is 0 Å². The number of phenolic OH excluding ortho intramolecular Hbond substituents is 1. The van der Waals surface area contributed by atoms with Crippen molar-refractivity contribution in [3.63, 3.8) is 0 Å². The zero-order chi connectivity index (χ0) is 23.1. The number of carbonyl (C=O) groups excluding carboxylic acids is 1. The van der Waals surface area contributed by atoms with E-state index < -0.39 is 39.4 Å². The Balaban J connectivity index is 2.36. The molecule has 0 atom stereocenters. The molecule has 0 spiro atoms. The van der Waals surface area contributed by atoms with Gasteiger partial charge in [0.15, 0.2) is 11.3 Å². The maximum absolute atomic E-state index is 13.6. The molecule has 0 aliphatic rings. The third-order valence-electron chi connectivity index (χ3n) is 4.07. The highest BCUT2D eigenvalue weighted by atomic mass is 19.1. The molecule has 0 aromatic heterocycles. The van der Waals surface area contributed by atoms with Crippen LogP contribution in [0.5, 0.6) is 11.5 Å². The molecule has 0 heterocycles. The van der Waals surface area contributed by atoms with E-state index in [0.717, 1.165) is 24.1 Å². The Morgan fingerprint density at radius 2 is 2.03 bits per heavy atom. The maximum atomic E-state index is 13.6. The molecule has 0 unspecified atom stereocenters. The Morgan fingerprint density at radius 1 is 1.35 bits per heavy atom. The van der Waals surface area contributed by atoms with E-state index in [0.29, 0.717) is 0 Å². The molecule has 0 bridgehead atoms. The number of methoxy groups -OCH3 is 1. The second-order valence-electron chi connectivity index (χ2n) is 6.08. The summed E-state index contributed by atoms with van der Waals surface area (Å²) in [7, 11) is 2.45. The van der Waals surface area contributed by atoms with Gasteiger partial charge in [-0.15, -0.1) is 0 Å². The van der Waals surface area contributed by atoms with Gasteiger partial charge in [0.1, 0.15) is 17.6 Å². The molecule has 2 rings (SSSR count). The number of nitriles is 1. The van der Waals surface area contributed by atoms with E-state index >= 15 is 0 Å². The number of benzene rings is 2. The number of hydrogen-bond acceptors (Lipinski definition) is 7. The summed E-state index contributed by atoms with van der Waals surface area (Å²) in [6, 6.07) is 9.20. The zero-order valence-corrected chi connectivity index (χ0v) is 16.4. The number of nitro groups is 1. The Morgan fingerprint density at radius 3 is 2.61 bits per heavy atom. The van der Waals surface area contributed by atoms with Crippen molar-refractivity contribution in [1.82, 2.24) is 4.90 Å². The number of aliphatic hydroxyl groups is 1. The molecule has 1 amide bonds. The second-order valence-corrected chi connectivity index (χ2v) is 6.08. The van der Waals surface area contributed by atoms with Crippen LogP contribution in [0, 0.1) is 39.1 Å². The summed E-state index contributed by atoms with van der Waals surface area (Å²) in [5.41, 5.74) is -1.64. The Hall–Kier alpha value is -4.57. The summed E-state index contributed by atoms with van der Waals surface area (Å²) < 4.78 is 18.4. The van der Waals surface area contributed by atoms with Gasteiger partial charge in [-0.3, -0.25) is 14.9 Å². The minimum absolute atomic E-state index is 0.130. The van der Waals surface area contributed by atoms with Crippen LogP contribution in [0.25, 0.3) is 5.76 Å². The standard InChI is InChI=1S/C21H16FN3O6/c1-24(9-5-7-13-6-3-4-8-16(13)22)21(28)15(12-23)19(26)14-10-17(25(29)30)20(27)18(11-14)31-2/h3-4,6,8,10-11,26-27H,9H2,1-2H3/b19-15-. The number of ether oxygens (including phenoxy) is 1. The molecule has 0 aliphatic heterocycles. The lowest BCUT2D eigenvalue weighted by molar-refractivity contribution is -0.386. The van der Waals surface area contributed by atoms with Crippen molar-refractivity contribution in [2.45, 2.75) is 0 Å². The highest BCUT2D eigenvalue weighted by Gasteiger charge is 2.25. The van der Waals surface area contributed by atoms with Gasteiger partial charge in [-0.1, -0.05) is 24.0 Å². The van der Waals surface area contributed by atoms with Gasteiger partial charge in [-0.05, 0) is 18.2 Å². The van der Waals surface area contributed by atoms with E-state index in [1.54, 1.807) is 12.1 Å². The number of carbonyl (C=O) groups is 1. The van der Waals surface area contributed by atoms with E-state index in [9.17, 15) is 34.8 Å². The second kappa shape index (κ2) is 9.76. The minimum Gasteiger partial charge on any atom is -0.506 e. The van der Waals surface area contributed by atoms with Crippen LogP contribution < -0.4 is 4.74 Å². The summed E-state index contributed by atoms with van der Waals surface area (Å²) in [4.78, 5) is 23.8. The van der Waals surface area contributed by atoms with Gasteiger partial charge in [-0.25, -0.2) is 4.39 Å². The van der Waals surface area contributed by atoms with Crippen molar-refractivity contribution in [1.29, 1.82) is 5.26 Å². The molecule has 2 aromatic rings. The SMILES string of the molecule is COc1cc(/C(O)=C(\C#N)C(=O)N(C)CC#Cc2ccccc2F)cc([N+](=O)[O-])c1O. The number of halogens is 1. The monoisotopic (exact) mass is 425 g/mol. The Bertz CT molecular complexity index is 1170. The number of aliphatic hydroxyl groups excluding tert-OH is 1. The molecule has 0 saturated heterocycles. The molecule has 31 heavy (non-hydrogen) atoms. The topological polar surface area (TPSA) is 137 Å². The summed E-state index contributed by atoms with van der Waals surface area (Å²) in [5.74, 6) is 1.76. The lowest BCUT2D eigenvalue weighted by Gasteiger charge is -2.14. The van der Waals surface area contributed by atoms with Crippen LogP contribution in [0.4, 0.5) is 10.1 Å². The van der Waals surface area contributed by atoms with Crippen LogP contribution in [0.1, 0.15) is 11.1 Å². The van der Waals surface area contributed by atoms with E-state index in [1.165, 1.54) is 25.2 Å². The summed E-state index contributed by atoms with van der Waals surface area (Å²) in [6.07, 6.45) is 0. The quantitative estimate of drug-likeness (QED) is 0.188. The fourth-order valence-electron chi connectivity index (χ4n) is 2.45. The van der Waals surface area contributed by atoms with Crippen LogP contribution in [-0.4, -0.2) is 46.6 Å². The molecule has 10 heteroatoms. The molecule has 0 radical (unpaired) electrons. The van der Waals surface area contributed by atoms with Crippen LogP contribution in [-0.2, 0) is 4.79 Å². The van der Waals surface area contributed by atoms with Gasteiger partial charge in [-0.2, -0.15) is 5.26 Å². The fourth-order valence-corrected chi connectivity index (χ4v) is 2.45. The molecule has 0 saturated carbocycles. The predicted molar refractivity (Wildman–Crippen MR) is 107 cm³/mol. The van der Waals surface area contributed by atoms with Crippen molar-refractivity contribution in [2.24, 2.45) is 0 Å².